The average Bonchev–Trinajstić information content (AvgIpc) is 2.51. The number of fused-ring (bicyclic) bond motifs is 1. The van der Waals surface area contributed by atoms with E-state index in [-0.39, 0.29) is 0 Å². The lowest BCUT2D eigenvalue weighted by molar-refractivity contribution is 0.185. The summed E-state index contributed by atoms with van der Waals surface area (Å²) in [7, 11) is 0. The first-order chi connectivity index (χ1) is 10.2. The first kappa shape index (κ1) is 14.9. The van der Waals surface area contributed by atoms with E-state index >= 15 is 0 Å². The molecule has 1 aromatic carbocycles. The van der Waals surface area contributed by atoms with E-state index in [1.807, 2.05) is 0 Å². The molecule has 0 saturated heterocycles. The molecule has 2 atom stereocenters. The third-order valence-electron chi connectivity index (χ3n) is 5.38. The molecule has 2 unspecified atom stereocenters. The molecule has 0 bridgehead atoms. The minimum atomic E-state index is 0.456. The van der Waals surface area contributed by atoms with Crippen molar-refractivity contribution >= 4 is 0 Å². The van der Waals surface area contributed by atoms with Crippen LogP contribution in [0, 0.1) is 17.8 Å². The maximum absolute atomic E-state index is 5.83. The number of hydrogen-bond acceptors (Lipinski definition) is 2. The summed E-state index contributed by atoms with van der Waals surface area (Å²) in [6, 6.07) is 8.95. The molecule has 1 saturated carbocycles. The molecule has 2 heteroatoms. The van der Waals surface area contributed by atoms with Gasteiger partial charge in [0.1, 0.15) is 5.75 Å². The Bertz CT molecular complexity index is 451. The summed E-state index contributed by atoms with van der Waals surface area (Å²) in [5.74, 6) is 3.52. The van der Waals surface area contributed by atoms with E-state index in [1.54, 1.807) is 0 Å². The highest BCUT2D eigenvalue weighted by Crippen LogP contribution is 2.35. The molecule has 2 aliphatic rings. The average molecular weight is 287 g/mol. The van der Waals surface area contributed by atoms with Crippen molar-refractivity contribution in [1.29, 1.82) is 0 Å². The van der Waals surface area contributed by atoms with Gasteiger partial charge in [-0.1, -0.05) is 57.7 Å². The molecule has 0 radical (unpaired) electrons. The van der Waals surface area contributed by atoms with Gasteiger partial charge in [0, 0.05) is 17.5 Å². The molecule has 1 aliphatic carbocycles. The topological polar surface area (TPSA) is 21.3 Å². The Labute approximate surface area is 129 Å². The van der Waals surface area contributed by atoms with Crippen molar-refractivity contribution in [3.05, 3.63) is 29.8 Å². The first-order valence-electron chi connectivity index (χ1n) is 8.69. The summed E-state index contributed by atoms with van der Waals surface area (Å²) in [6.07, 6.45) is 7.06. The molecule has 116 valence electrons. The van der Waals surface area contributed by atoms with Crippen molar-refractivity contribution in [2.75, 3.05) is 13.2 Å². The van der Waals surface area contributed by atoms with Gasteiger partial charge in [0.25, 0.3) is 0 Å². The van der Waals surface area contributed by atoms with Crippen molar-refractivity contribution in [3.63, 3.8) is 0 Å². The summed E-state index contributed by atoms with van der Waals surface area (Å²) in [5.41, 5.74) is 1.34. The second kappa shape index (κ2) is 6.83. The van der Waals surface area contributed by atoms with E-state index in [1.165, 1.54) is 37.7 Å². The monoisotopic (exact) mass is 287 g/mol. The van der Waals surface area contributed by atoms with Gasteiger partial charge in [0.05, 0.1) is 6.61 Å². The fourth-order valence-electron chi connectivity index (χ4n) is 3.86. The maximum atomic E-state index is 5.83. The molecule has 0 amide bonds. The van der Waals surface area contributed by atoms with Crippen LogP contribution >= 0.6 is 0 Å². The lowest BCUT2D eigenvalue weighted by Crippen LogP contribution is -2.35. The summed E-state index contributed by atoms with van der Waals surface area (Å²) in [5, 5.41) is 3.81. The highest BCUT2D eigenvalue weighted by atomic mass is 16.5. The van der Waals surface area contributed by atoms with E-state index in [0.717, 1.165) is 30.7 Å². The smallest absolute Gasteiger partial charge is 0.124 e. The molecule has 0 aromatic heterocycles. The molecule has 1 fully saturated rings. The number of benzene rings is 1. The lowest BCUT2D eigenvalue weighted by atomic mass is 9.81. The third kappa shape index (κ3) is 3.60. The Morgan fingerprint density at radius 3 is 2.67 bits per heavy atom. The van der Waals surface area contributed by atoms with Gasteiger partial charge in [0.15, 0.2) is 0 Å². The maximum Gasteiger partial charge on any atom is 0.124 e. The van der Waals surface area contributed by atoms with Gasteiger partial charge < -0.3 is 10.1 Å². The zero-order valence-electron chi connectivity index (χ0n) is 13.5. The number of rotatable bonds is 4. The SMILES string of the molecule is CC1CCC(CCNC2c3ccccc3OCC2C)CC1. The molecule has 2 nitrogen and oxygen atoms in total. The van der Waals surface area contributed by atoms with Crippen LogP contribution in [0.5, 0.6) is 5.75 Å². The summed E-state index contributed by atoms with van der Waals surface area (Å²) >= 11 is 0. The van der Waals surface area contributed by atoms with Crippen molar-refractivity contribution in [3.8, 4) is 5.75 Å². The zero-order chi connectivity index (χ0) is 14.7. The van der Waals surface area contributed by atoms with Crippen molar-refractivity contribution in [2.45, 2.75) is 52.0 Å². The minimum Gasteiger partial charge on any atom is -0.493 e. The largest absolute Gasteiger partial charge is 0.493 e. The Morgan fingerprint density at radius 1 is 1.10 bits per heavy atom. The predicted molar refractivity (Wildman–Crippen MR) is 87.6 cm³/mol. The molecule has 1 aliphatic heterocycles. The fourth-order valence-corrected chi connectivity index (χ4v) is 3.86. The normalized spacial score (nSPS) is 32.3. The predicted octanol–water partition coefficient (Wildman–Crippen LogP) is 4.56. The molecular weight excluding hydrogens is 258 g/mol. The third-order valence-corrected chi connectivity index (χ3v) is 5.38. The van der Waals surface area contributed by atoms with Crippen LogP contribution in [-0.4, -0.2) is 13.2 Å². The van der Waals surface area contributed by atoms with Gasteiger partial charge in [-0.2, -0.15) is 0 Å². The summed E-state index contributed by atoms with van der Waals surface area (Å²) in [6.45, 7) is 6.66. The zero-order valence-corrected chi connectivity index (χ0v) is 13.5. The quantitative estimate of drug-likeness (QED) is 0.876. The Morgan fingerprint density at radius 2 is 1.86 bits per heavy atom. The van der Waals surface area contributed by atoms with Crippen molar-refractivity contribution < 1.29 is 4.74 Å². The highest BCUT2D eigenvalue weighted by molar-refractivity contribution is 5.37. The second-order valence-corrected chi connectivity index (χ2v) is 7.17. The van der Waals surface area contributed by atoms with Gasteiger partial charge in [-0.05, 0) is 30.9 Å². The van der Waals surface area contributed by atoms with Gasteiger partial charge in [-0.25, -0.2) is 0 Å². The summed E-state index contributed by atoms with van der Waals surface area (Å²) in [4.78, 5) is 0. The second-order valence-electron chi connectivity index (χ2n) is 7.17. The lowest BCUT2D eigenvalue weighted by Gasteiger charge is -2.33. The molecule has 1 N–H and O–H groups in total. The van der Waals surface area contributed by atoms with E-state index in [2.05, 4.69) is 43.4 Å². The number of para-hydroxylation sites is 1. The first-order valence-corrected chi connectivity index (χ1v) is 8.69. The van der Waals surface area contributed by atoms with Crippen LogP contribution in [0.25, 0.3) is 0 Å². The summed E-state index contributed by atoms with van der Waals surface area (Å²) < 4.78 is 5.83. The molecule has 21 heavy (non-hydrogen) atoms. The van der Waals surface area contributed by atoms with Crippen LogP contribution in [0.15, 0.2) is 24.3 Å². The Kier molecular flexibility index (Phi) is 4.84. The van der Waals surface area contributed by atoms with Gasteiger partial charge in [0.2, 0.25) is 0 Å². The van der Waals surface area contributed by atoms with Crippen molar-refractivity contribution in [1.82, 2.24) is 5.32 Å². The van der Waals surface area contributed by atoms with E-state index in [0.29, 0.717) is 12.0 Å². The molecule has 3 rings (SSSR count). The minimum absolute atomic E-state index is 0.456. The van der Waals surface area contributed by atoms with Gasteiger partial charge in [-0.15, -0.1) is 0 Å². The van der Waals surface area contributed by atoms with Crippen LogP contribution in [0.3, 0.4) is 0 Å². The van der Waals surface area contributed by atoms with Crippen LogP contribution in [0.1, 0.15) is 57.6 Å². The fraction of sp³-hybridized carbons (Fsp3) is 0.684. The standard InChI is InChI=1S/C19H29NO/c1-14-7-9-16(10-8-14)11-12-20-19-15(2)13-21-18-6-4-3-5-17(18)19/h3-6,14-16,19-20H,7-13H2,1-2H3. The van der Waals surface area contributed by atoms with Crippen molar-refractivity contribution in [2.24, 2.45) is 17.8 Å². The van der Waals surface area contributed by atoms with Gasteiger partial charge in [-0.3, -0.25) is 0 Å². The van der Waals surface area contributed by atoms with Gasteiger partial charge >= 0.3 is 0 Å². The van der Waals surface area contributed by atoms with E-state index < -0.39 is 0 Å². The molecule has 1 heterocycles. The number of nitrogens with one attached hydrogen (secondary N) is 1. The van der Waals surface area contributed by atoms with Crippen LogP contribution in [0.2, 0.25) is 0 Å². The molecule has 0 spiro atoms. The van der Waals surface area contributed by atoms with E-state index in [9.17, 15) is 0 Å². The van der Waals surface area contributed by atoms with E-state index in [4.69, 9.17) is 4.74 Å². The van der Waals surface area contributed by atoms with Crippen LogP contribution in [0.4, 0.5) is 0 Å². The molecule has 1 aromatic rings. The molecular formula is C19H29NO. The Balaban J connectivity index is 1.53. The Hall–Kier alpha value is -1.02. The highest BCUT2D eigenvalue weighted by Gasteiger charge is 2.27. The number of hydrogen-bond donors (Lipinski definition) is 1. The number of ether oxygens (including phenoxy) is 1. The van der Waals surface area contributed by atoms with Crippen LogP contribution in [-0.2, 0) is 0 Å². The van der Waals surface area contributed by atoms with Crippen LogP contribution < -0.4 is 10.1 Å².